The minimum Gasteiger partial charge on any atom is -0.376 e. The Morgan fingerprint density at radius 3 is 2.03 bits per heavy atom. The van der Waals surface area contributed by atoms with Crippen molar-refractivity contribution in [3.63, 3.8) is 0 Å². The van der Waals surface area contributed by atoms with Crippen LogP contribution in [0.2, 0.25) is 10.0 Å². The van der Waals surface area contributed by atoms with Crippen LogP contribution in [-0.4, -0.2) is 18.8 Å². The van der Waals surface area contributed by atoms with E-state index in [1.165, 1.54) is 11.1 Å². The molecular weight excluding hydrogens is 401 g/mol. The molecule has 29 heavy (non-hydrogen) atoms. The number of nitrogens with one attached hydrogen (secondary N) is 1. The summed E-state index contributed by atoms with van der Waals surface area (Å²) < 4.78 is 6.38. The summed E-state index contributed by atoms with van der Waals surface area (Å²) in [4.78, 5) is 0. The van der Waals surface area contributed by atoms with Crippen LogP contribution in [0.4, 0.5) is 0 Å². The first kappa shape index (κ1) is 20.4. The molecule has 1 fully saturated rings. The second-order valence-corrected chi connectivity index (χ2v) is 8.39. The number of hydrogen-bond donors (Lipinski definition) is 1. The van der Waals surface area contributed by atoms with Gasteiger partial charge in [-0.25, -0.2) is 0 Å². The molecule has 1 heterocycles. The van der Waals surface area contributed by atoms with E-state index in [-0.39, 0.29) is 12.0 Å². The summed E-state index contributed by atoms with van der Waals surface area (Å²) in [6.45, 7) is 1.47. The van der Waals surface area contributed by atoms with Gasteiger partial charge in [-0.05, 0) is 41.7 Å². The van der Waals surface area contributed by atoms with Crippen molar-refractivity contribution in [2.45, 2.75) is 37.5 Å². The van der Waals surface area contributed by atoms with Crippen molar-refractivity contribution >= 4 is 23.2 Å². The van der Waals surface area contributed by atoms with E-state index >= 15 is 0 Å². The molecule has 0 spiro atoms. The maximum Gasteiger partial charge on any atom is 0.0685 e. The zero-order chi connectivity index (χ0) is 20.1. The highest BCUT2D eigenvalue weighted by Gasteiger charge is 2.30. The van der Waals surface area contributed by atoms with Crippen LogP contribution in [0.25, 0.3) is 0 Å². The predicted octanol–water partition coefficient (Wildman–Crippen LogP) is 6.46. The molecule has 0 aromatic heterocycles. The lowest BCUT2D eigenvalue weighted by Crippen LogP contribution is -2.41. The smallest absolute Gasteiger partial charge is 0.0685 e. The first-order chi connectivity index (χ1) is 14.2. The molecule has 0 unspecified atom stereocenters. The fourth-order valence-electron chi connectivity index (χ4n) is 4.05. The van der Waals surface area contributed by atoms with Gasteiger partial charge in [0.1, 0.15) is 0 Å². The van der Waals surface area contributed by atoms with Gasteiger partial charge < -0.3 is 10.1 Å². The van der Waals surface area contributed by atoms with Crippen molar-refractivity contribution in [1.29, 1.82) is 0 Å². The molecule has 3 aromatic carbocycles. The summed E-state index contributed by atoms with van der Waals surface area (Å²) in [6.07, 6.45) is 2.29. The van der Waals surface area contributed by atoms with Crippen LogP contribution in [-0.2, 0) is 11.3 Å². The van der Waals surface area contributed by atoms with Gasteiger partial charge >= 0.3 is 0 Å². The van der Waals surface area contributed by atoms with E-state index in [1.54, 1.807) is 0 Å². The van der Waals surface area contributed by atoms with Crippen LogP contribution < -0.4 is 5.32 Å². The standard InChI is InChI=1S/C25H25Cl2NO/c26-22-13-11-18(15-23(22)27)16-28-21-12-14-24(29-17-21)25(19-7-3-1-4-8-19)20-9-5-2-6-10-20/h1-11,13,15,21,24-25,28H,12,14,16-17H2/t21-,24-/m1/s1. The molecule has 150 valence electrons. The van der Waals surface area contributed by atoms with Crippen molar-refractivity contribution < 1.29 is 4.74 Å². The highest BCUT2D eigenvalue weighted by molar-refractivity contribution is 6.42. The van der Waals surface area contributed by atoms with Crippen molar-refractivity contribution in [3.05, 3.63) is 106 Å². The number of rotatable bonds is 6. The minimum atomic E-state index is 0.183. The van der Waals surface area contributed by atoms with Gasteiger partial charge in [0.05, 0.1) is 22.8 Å². The molecule has 2 nitrogen and oxygen atoms in total. The zero-order valence-corrected chi connectivity index (χ0v) is 17.7. The van der Waals surface area contributed by atoms with Gasteiger partial charge in [-0.15, -0.1) is 0 Å². The van der Waals surface area contributed by atoms with Gasteiger partial charge in [0.2, 0.25) is 0 Å². The normalized spacial score (nSPS) is 19.4. The third kappa shape index (κ3) is 5.21. The zero-order valence-electron chi connectivity index (χ0n) is 16.2. The molecule has 1 aliphatic rings. The Morgan fingerprint density at radius 1 is 0.828 bits per heavy atom. The summed E-state index contributed by atoms with van der Waals surface area (Å²) in [6, 6.07) is 27.5. The van der Waals surface area contributed by atoms with E-state index in [2.05, 4.69) is 66.0 Å². The summed E-state index contributed by atoms with van der Waals surface area (Å²) in [5, 5.41) is 4.78. The fraction of sp³-hybridized carbons (Fsp3) is 0.280. The largest absolute Gasteiger partial charge is 0.376 e. The Hall–Kier alpha value is -1.84. The first-order valence-corrected chi connectivity index (χ1v) is 10.8. The SMILES string of the molecule is Clc1ccc(CN[C@@H]2CC[C@H](C(c3ccccc3)c3ccccc3)OC2)cc1Cl. The van der Waals surface area contributed by atoms with Gasteiger partial charge in [-0.3, -0.25) is 0 Å². The van der Waals surface area contributed by atoms with Crippen LogP contribution in [0.3, 0.4) is 0 Å². The number of hydrogen-bond acceptors (Lipinski definition) is 2. The van der Waals surface area contributed by atoms with Gasteiger partial charge in [0.25, 0.3) is 0 Å². The van der Waals surface area contributed by atoms with Gasteiger partial charge in [0, 0.05) is 18.5 Å². The van der Waals surface area contributed by atoms with Gasteiger partial charge in [0.15, 0.2) is 0 Å². The van der Waals surface area contributed by atoms with Crippen LogP contribution in [0, 0.1) is 0 Å². The van der Waals surface area contributed by atoms with Crippen LogP contribution in [0.1, 0.15) is 35.4 Å². The average Bonchev–Trinajstić information content (AvgIpc) is 2.77. The molecule has 0 saturated carbocycles. The maximum absolute atomic E-state index is 6.38. The molecule has 3 aromatic rings. The third-order valence-electron chi connectivity index (χ3n) is 5.58. The van der Waals surface area contributed by atoms with E-state index in [1.807, 2.05) is 18.2 Å². The lowest BCUT2D eigenvalue weighted by molar-refractivity contribution is -0.0116. The molecule has 1 saturated heterocycles. The average molecular weight is 426 g/mol. The number of ether oxygens (including phenoxy) is 1. The molecule has 1 N–H and O–H groups in total. The molecule has 2 atom stereocenters. The molecule has 1 aliphatic heterocycles. The first-order valence-electron chi connectivity index (χ1n) is 10.1. The van der Waals surface area contributed by atoms with E-state index < -0.39 is 0 Å². The highest BCUT2D eigenvalue weighted by atomic mass is 35.5. The van der Waals surface area contributed by atoms with Crippen LogP contribution >= 0.6 is 23.2 Å². The van der Waals surface area contributed by atoms with Crippen molar-refractivity contribution in [1.82, 2.24) is 5.32 Å². The van der Waals surface area contributed by atoms with E-state index in [0.29, 0.717) is 22.7 Å². The van der Waals surface area contributed by atoms with Crippen LogP contribution in [0.5, 0.6) is 0 Å². The Bertz CT molecular complexity index is 869. The number of halogens is 2. The van der Waals surface area contributed by atoms with Gasteiger partial charge in [-0.2, -0.15) is 0 Å². The van der Waals surface area contributed by atoms with Crippen LogP contribution in [0.15, 0.2) is 78.9 Å². The molecule has 4 rings (SSSR count). The summed E-state index contributed by atoms with van der Waals surface area (Å²) in [5.74, 6) is 0.258. The van der Waals surface area contributed by atoms with E-state index in [9.17, 15) is 0 Å². The summed E-state index contributed by atoms with van der Waals surface area (Å²) >= 11 is 12.1. The van der Waals surface area contributed by atoms with E-state index in [0.717, 1.165) is 24.9 Å². The highest BCUT2D eigenvalue weighted by Crippen LogP contribution is 2.34. The monoisotopic (exact) mass is 425 g/mol. The minimum absolute atomic E-state index is 0.183. The molecule has 4 heteroatoms. The molecule has 0 amide bonds. The van der Waals surface area contributed by atoms with Gasteiger partial charge in [-0.1, -0.05) is 89.9 Å². The van der Waals surface area contributed by atoms with Crippen molar-refractivity contribution in [2.75, 3.05) is 6.61 Å². The summed E-state index contributed by atoms with van der Waals surface area (Å²) in [7, 11) is 0. The summed E-state index contributed by atoms with van der Waals surface area (Å²) in [5.41, 5.74) is 3.75. The second-order valence-electron chi connectivity index (χ2n) is 7.57. The lowest BCUT2D eigenvalue weighted by atomic mass is 9.83. The Balaban J connectivity index is 1.39. The second kappa shape index (κ2) is 9.77. The quantitative estimate of drug-likeness (QED) is 0.488. The topological polar surface area (TPSA) is 21.3 Å². The Labute approximate surface area is 182 Å². The fourth-order valence-corrected chi connectivity index (χ4v) is 4.37. The third-order valence-corrected chi connectivity index (χ3v) is 6.32. The predicted molar refractivity (Wildman–Crippen MR) is 121 cm³/mol. The van der Waals surface area contributed by atoms with Crippen molar-refractivity contribution in [3.8, 4) is 0 Å². The molecular formula is C25H25Cl2NO. The Morgan fingerprint density at radius 2 is 1.48 bits per heavy atom. The Kier molecular flexibility index (Phi) is 6.89. The molecule has 0 radical (unpaired) electrons. The maximum atomic E-state index is 6.38. The van der Waals surface area contributed by atoms with E-state index in [4.69, 9.17) is 27.9 Å². The number of benzene rings is 3. The lowest BCUT2D eigenvalue weighted by Gasteiger charge is -2.35. The molecule has 0 bridgehead atoms. The molecule has 0 aliphatic carbocycles. The van der Waals surface area contributed by atoms with Crippen molar-refractivity contribution in [2.24, 2.45) is 0 Å².